The molecule has 0 aliphatic carbocycles. The van der Waals surface area contributed by atoms with Crippen LogP contribution in [0, 0.1) is 11.8 Å². The molecule has 2 nitrogen and oxygen atoms in total. The SMILES string of the molecule is [3H]C(C)(C)S(=O)(=O)CC(C)C(C)C. The normalized spacial score (nSPS) is 17.7. The third-order valence-electron chi connectivity index (χ3n) is 2.24. The molecule has 1 atom stereocenters. The second kappa shape index (κ2) is 4.26. The Kier molecular flexibility index (Phi) is 3.56. The summed E-state index contributed by atoms with van der Waals surface area (Å²) in [4.78, 5) is 0. The third kappa shape index (κ3) is 3.57. The van der Waals surface area contributed by atoms with E-state index in [4.69, 9.17) is 1.37 Å². The highest BCUT2D eigenvalue weighted by Crippen LogP contribution is 2.14. The minimum absolute atomic E-state index is 0.112. The molecule has 0 aromatic heterocycles. The zero-order valence-electron chi connectivity index (χ0n) is 9.59. The van der Waals surface area contributed by atoms with Crippen LogP contribution in [0.25, 0.3) is 0 Å². The monoisotopic (exact) mass is 194 g/mol. The van der Waals surface area contributed by atoms with Gasteiger partial charge in [0.1, 0.15) is 0 Å². The van der Waals surface area contributed by atoms with E-state index in [0.29, 0.717) is 5.92 Å². The number of rotatable bonds is 4. The van der Waals surface area contributed by atoms with Crippen molar-refractivity contribution < 1.29 is 9.79 Å². The molecule has 12 heavy (non-hydrogen) atoms. The summed E-state index contributed by atoms with van der Waals surface area (Å²) in [5.41, 5.74) is 0. The maximum atomic E-state index is 11.6. The van der Waals surface area contributed by atoms with Gasteiger partial charge in [-0.1, -0.05) is 20.8 Å². The highest BCUT2D eigenvalue weighted by atomic mass is 32.2. The zero-order chi connectivity index (χ0) is 10.9. The molecule has 1 unspecified atom stereocenters. The van der Waals surface area contributed by atoms with E-state index in [1.165, 1.54) is 13.8 Å². The van der Waals surface area contributed by atoms with Crippen LogP contribution in [0.1, 0.15) is 36.0 Å². The maximum absolute atomic E-state index is 11.6. The lowest BCUT2D eigenvalue weighted by atomic mass is 10.0. The minimum atomic E-state index is -3.28. The Morgan fingerprint density at radius 1 is 1.17 bits per heavy atom. The standard InChI is InChI=1S/C9H20O2S/c1-7(2)9(5)6-12(10,11)8(3)4/h7-9H,6H2,1-5H3/i8T. The molecule has 0 radical (unpaired) electrons. The predicted molar refractivity (Wildman–Crippen MR) is 52.9 cm³/mol. The van der Waals surface area contributed by atoms with Crippen molar-refractivity contribution in [3.63, 3.8) is 0 Å². The lowest BCUT2D eigenvalue weighted by Gasteiger charge is -2.16. The minimum Gasteiger partial charge on any atom is -0.229 e. The maximum Gasteiger partial charge on any atom is 0.152 e. The van der Waals surface area contributed by atoms with Gasteiger partial charge in [-0.05, 0) is 25.7 Å². The Morgan fingerprint density at radius 3 is 1.83 bits per heavy atom. The van der Waals surface area contributed by atoms with Crippen molar-refractivity contribution in [2.45, 2.75) is 39.8 Å². The second-order valence-electron chi connectivity index (χ2n) is 3.91. The third-order valence-corrected chi connectivity index (χ3v) is 4.45. The van der Waals surface area contributed by atoms with Gasteiger partial charge in [-0.2, -0.15) is 0 Å². The summed E-state index contributed by atoms with van der Waals surface area (Å²) in [6.45, 7) is 8.76. The fourth-order valence-electron chi connectivity index (χ4n) is 0.705. The van der Waals surface area contributed by atoms with E-state index >= 15 is 0 Å². The molecule has 0 saturated heterocycles. The van der Waals surface area contributed by atoms with E-state index in [9.17, 15) is 8.42 Å². The fraction of sp³-hybridized carbons (Fsp3) is 1.00. The van der Waals surface area contributed by atoms with E-state index in [2.05, 4.69) is 0 Å². The van der Waals surface area contributed by atoms with Crippen LogP contribution >= 0.6 is 0 Å². The summed E-state index contributed by atoms with van der Waals surface area (Å²) in [5, 5.41) is -1.36. The van der Waals surface area contributed by atoms with E-state index in [1.807, 2.05) is 20.8 Å². The van der Waals surface area contributed by atoms with Gasteiger partial charge < -0.3 is 0 Å². The molecule has 0 aromatic rings. The first-order valence-electron chi connectivity index (χ1n) is 4.80. The van der Waals surface area contributed by atoms with Gasteiger partial charge in [-0.3, -0.25) is 0 Å². The fourth-order valence-corrected chi connectivity index (χ4v) is 2.12. The zero-order valence-corrected chi connectivity index (χ0v) is 9.40. The molecule has 0 heterocycles. The molecule has 74 valence electrons. The van der Waals surface area contributed by atoms with Crippen molar-refractivity contribution in [2.24, 2.45) is 11.8 Å². The molecular weight excluding hydrogens is 172 g/mol. The summed E-state index contributed by atoms with van der Waals surface area (Å²) < 4.78 is 30.6. The average Bonchev–Trinajstić information content (AvgIpc) is 1.83. The summed E-state index contributed by atoms with van der Waals surface area (Å²) in [6, 6.07) is 0. The van der Waals surface area contributed by atoms with Crippen LogP contribution in [0.15, 0.2) is 0 Å². The van der Waals surface area contributed by atoms with Gasteiger partial charge in [0.05, 0.1) is 11.0 Å². The number of hydrogen-bond donors (Lipinski definition) is 0. The Bertz CT molecular complexity index is 249. The predicted octanol–water partition coefficient (Wildman–Crippen LogP) is 2.10. The van der Waals surface area contributed by atoms with Gasteiger partial charge in [0.25, 0.3) is 0 Å². The second-order valence-corrected chi connectivity index (χ2v) is 6.29. The van der Waals surface area contributed by atoms with Crippen molar-refractivity contribution in [3.05, 3.63) is 0 Å². The first-order chi connectivity index (χ1) is 5.58. The van der Waals surface area contributed by atoms with Gasteiger partial charge in [-0.15, -0.1) is 0 Å². The van der Waals surface area contributed by atoms with Crippen LogP contribution in [-0.2, 0) is 9.84 Å². The van der Waals surface area contributed by atoms with Gasteiger partial charge in [0.2, 0.25) is 0 Å². The topological polar surface area (TPSA) is 34.1 Å². The first kappa shape index (κ1) is 10.0. The molecule has 0 aliphatic rings. The van der Waals surface area contributed by atoms with Crippen molar-refractivity contribution in [1.82, 2.24) is 0 Å². The van der Waals surface area contributed by atoms with Crippen molar-refractivity contribution in [3.8, 4) is 0 Å². The van der Waals surface area contributed by atoms with E-state index < -0.39 is 15.1 Å². The van der Waals surface area contributed by atoms with Gasteiger partial charge >= 0.3 is 0 Å². The molecule has 3 heteroatoms. The van der Waals surface area contributed by atoms with E-state index in [1.54, 1.807) is 0 Å². The highest BCUT2D eigenvalue weighted by Gasteiger charge is 2.21. The summed E-state index contributed by atoms with van der Waals surface area (Å²) in [6.07, 6.45) is 0. The smallest absolute Gasteiger partial charge is 0.152 e. The molecule has 0 N–H and O–H groups in total. The van der Waals surface area contributed by atoms with Gasteiger partial charge in [0, 0.05) is 1.37 Å². The largest absolute Gasteiger partial charge is 0.229 e. The molecular formula is C9H20O2S. The number of sulfone groups is 1. The first-order valence-corrected chi connectivity index (χ1v) is 5.95. The highest BCUT2D eigenvalue weighted by molar-refractivity contribution is 7.91. The molecule has 0 amide bonds. The lowest BCUT2D eigenvalue weighted by Crippen LogP contribution is -2.24. The molecule has 0 saturated carbocycles. The van der Waals surface area contributed by atoms with Gasteiger partial charge in [0.15, 0.2) is 9.84 Å². The van der Waals surface area contributed by atoms with Crippen LogP contribution in [0.3, 0.4) is 0 Å². The molecule has 0 rings (SSSR count). The average molecular weight is 194 g/mol. The van der Waals surface area contributed by atoms with Crippen LogP contribution in [0.5, 0.6) is 0 Å². The Labute approximate surface area is 77.7 Å². The van der Waals surface area contributed by atoms with Crippen LogP contribution in [0.2, 0.25) is 0 Å². The van der Waals surface area contributed by atoms with Crippen LogP contribution in [-0.4, -0.2) is 19.4 Å². The van der Waals surface area contributed by atoms with Crippen molar-refractivity contribution in [2.75, 3.05) is 5.75 Å². The Balaban J connectivity index is 4.55. The van der Waals surface area contributed by atoms with Crippen molar-refractivity contribution >= 4 is 9.84 Å². The molecule has 0 spiro atoms. The summed E-state index contributed by atoms with van der Waals surface area (Å²) >= 11 is 0. The Morgan fingerprint density at radius 2 is 1.58 bits per heavy atom. The molecule has 0 aliphatic heterocycles. The van der Waals surface area contributed by atoms with Crippen molar-refractivity contribution in [1.29, 1.82) is 0 Å². The van der Waals surface area contributed by atoms with E-state index in [0.717, 1.165) is 0 Å². The number of hydrogen-bond acceptors (Lipinski definition) is 2. The molecule has 0 aromatic carbocycles. The Hall–Kier alpha value is -0.0500. The van der Waals surface area contributed by atoms with E-state index in [-0.39, 0.29) is 11.7 Å². The van der Waals surface area contributed by atoms with Crippen LogP contribution < -0.4 is 0 Å². The summed E-state index contributed by atoms with van der Waals surface area (Å²) in [5.74, 6) is 0.577. The molecule has 0 bridgehead atoms. The van der Waals surface area contributed by atoms with Crippen LogP contribution in [0.4, 0.5) is 0 Å². The summed E-state index contributed by atoms with van der Waals surface area (Å²) in [7, 11) is -3.28. The molecule has 0 fully saturated rings. The van der Waals surface area contributed by atoms with Gasteiger partial charge in [-0.25, -0.2) is 8.42 Å². The lowest BCUT2D eigenvalue weighted by molar-refractivity contribution is 0.451. The quantitative estimate of drug-likeness (QED) is 0.687.